The van der Waals surface area contributed by atoms with Gasteiger partial charge >= 0.3 is 0 Å². The van der Waals surface area contributed by atoms with Crippen LogP contribution in [-0.2, 0) is 0 Å². The molecule has 0 aliphatic heterocycles. The summed E-state index contributed by atoms with van der Waals surface area (Å²) >= 11 is 6.00. The van der Waals surface area contributed by atoms with Gasteiger partial charge in [0.25, 0.3) is 0 Å². The molecule has 0 spiro atoms. The number of hydrogen-bond acceptors (Lipinski definition) is 0. The summed E-state index contributed by atoms with van der Waals surface area (Å²) in [5.41, 5.74) is 2.40. The fraction of sp³-hybridized carbons (Fsp3) is 0.538. The Morgan fingerprint density at radius 1 is 1.13 bits per heavy atom. The minimum absolute atomic E-state index is 0.138. The fourth-order valence-corrected chi connectivity index (χ4v) is 2.02. The third kappa shape index (κ3) is 2.34. The van der Waals surface area contributed by atoms with Crippen LogP contribution in [0.5, 0.6) is 0 Å². The van der Waals surface area contributed by atoms with E-state index < -0.39 is 0 Å². The minimum atomic E-state index is -0.138. The summed E-state index contributed by atoms with van der Waals surface area (Å²) in [7, 11) is 0. The minimum Gasteiger partial charge on any atom is -0.206 e. The Kier molecular flexibility index (Phi) is 3.77. The quantitative estimate of drug-likeness (QED) is 0.666. The van der Waals surface area contributed by atoms with Crippen molar-refractivity contribution in [3.8, 4) is 0 Å². The summed E-state index contributed by atoms with van der Waals surface area (Å²) in [6.45, 7) is 9.88. The molecule has 1 aromatic rings. The molecule has 84 valence electrons. The molecule has 0 aromatic heterocycles. The molecule has 2 heteroatoms. The number of halogens is 2. The first kappa shape index (κ1) is 12.5. The molecule has 0 bridgehead atoms. The first-order valence-corrected chi connectivity index (χ1v) is 5.72. The van der Waals surface area contributed by atoms with Gasteiger partial charge in [-0.1, -0.05) is 39.3 Å². The van der Waals surface area contributed by atoms with Crippen LogP contribution in [0.25, 0.3) is 0 Å². The Morgan fingerprint density at radius 2 is 1.67 bits per heavy atom. The van der Waals surface area contributed by atoms with Crippen molar-refractivity contribution in [2.75, 3.05) is 0 Å². The molecule has 0 unspecified atom stereocenters. The van der Waals surface area contributed by atoms with Gasteiger partial charge in [0.2, 0.25) is 0 Å². The van der Waals surface area contributed by atoms with Crippen molar-refractivity contribution in [3.05, 3.63) is 33.6 Å². The molecule has 0 aliphatic carbocycles. The summed E-state index contributed by atoms with van der Waals surface area (Å²) in [5.74, 6) is 0.356. The van der Waals surface area contributed by atoms with Crippen LogP contribution >= 0.6 is 11.6 Å². The van der Waals surface area contributed by atoms with Crippen LogP contribution in [0.4, 0.5) is 4.39 Å². The Morgan fingerprint density at radius 3 is 2.07 bits per heavy atom. The zero-order valence-electron chi connectivity index (χ0n) is 9.99. The molecule has 0 saturated heterocycles. The van der Waals surface area contributed by atoms with Gasteiger partial charge in [-0.05, 0) is 36.0 Å². The summed E-state index contributed by atoms with van der Waals surface area (Å²) in [6, 6.07) is 1.90. The zero-order valence-corrected chi connectivity index (χ0v) is 10.7. The van der Waals surface area contributed by atoms with Crippen LogP contribution < -0.4 is 0 Å². The van der Waals surface area contributed by atoms with Gasteiger partial charge in [-0.3, -0.25) is 0 Å². The molecule has 0 heterocycles. The molecule has 0 amide bonds. The van der Waals surface area contributed by atoms with E-state index in [9.17, 15) is 4.39 Å². The van der Waals surface area contributed by atoms with Crippen molar-refractivity contribution in [1.82, 2.24) is 0 Å². The molecular weight excluding hydrogens is 211 g/mol. The maximum atomic E-state index is 14.0. The predicted molar refractivity (Wildman–Crippen MR) is 64.3 cm³/mol. The lowest BCUT2D eigenvalue weighted by Gasteiger charge is -2.19. The molecule has 0 atom stereocenters. The lowest BCUT2D eigenvalue weighted by atomic mass is 9.89. The summed E-state index contributed by atoms with van der Waals surface area (Å²) in [5, 5.41) is 0.528. The molecule has 0 fully saturated rings. The summed E-state index contributed by atoms with van der Waals surface area (Å²) < 4.78 is 14.0. The zero-order chi connectivity index (χ0) is 11.7. The van der Waals surface area contributed by atoms with E-state index in [1.165, 1.54) is 0 Å². The van der Waals surface area contributed by atoms with E-state index in [1.807, 2.05) is 19.9 Å². The van der Waals surface area contributed by atoms with Crippen LogP contribution in [0.3, 0.4) is 0 Å². The van der Waals surface area contributed by atoms with Crippen molar-refractivity contribution in [1.29, 1.82) is 0 Å². The highest BCUT2D eigenvalue weighted by Gasteiger charge is 2.18. The molecule has 0 radical (unpaired) electrons. The lowest BCUT2D eigenvalue weighted by molar-refractivity contribution is 0.581. The molecule has 1 aromatic carbocycles. The van der Waals surface area contributed by atoms with Crippen molar-refractivity contribution < 1.29 is 4.39 Å². The first-order valence-electron chi connectivity index (χ1n) is 5.34. The van der Waals surface area contributed by atoms with Gasteiger partial charge in [0, 0.05) is 10.6 Å². The third-order valence-corrected chi connectivity index (χ3v) is 3.11. The Balaban J connectivity index is 3.51. The van der Waals surface area contributed by atoms with Crippen molar-refractivity contribution in [2.24, 2.45) is 0 Å². The van der Waals surface area contributed by atoms with Gasteiger partial charge in [-0.25, -0.2) is 4.39 Å². The normalized spacial score (nSPS) is 11.5. The second-order valence-electron chi connectivity index (χ2n) is 4.61. The summed E-state index contributed by atoms with van der Waals surface area (Å²) in [4.78, 5) is 0. The van der Waals surface area contributed by atoms with E-state index in [2.05, 4.69) is 13.8 Å². The highest BCUT2D eigenvalue weighted by molar-refractivity contribution is 6.31. The second kappa shape index (κ2) is 4.52. The van der Waals surface area contributed by atoms with E-state index in [4.69, 9.17) is 11.6 Å². The van der Waals surface area contributed by atoms with E-state index in [-0.39, 0.29) is 11.7 Å². The van der Waals surface area contributed by atoms with E-state index >= 15 is 0 Å². The Hall–Kier alpha value is -0.560. The average Bonchev–Trinajstić information content (AvgIpc) is 2.12. The Bertz CT molecular complexity index is 367. The molecular formula is C13H18ClF. The molecule has 0 nitrogen and oxygen atoms in total. The van der Waals surface area contributed by atoms with Gasteiger partial charge in [0.15, 0.2) is 0 Å². The van der Waals surface area contributed by atoms with Crippen LogP contribution in [0.1, 0.15) is 56.2 Å². The SMILES string of the molecule is Cc1c(Cl)cc(C(C)C)c(C(C)C)c1F. The molecule has 15 heavy (non-hydrogen) atoms. The van der Waals surface area contributed by atoms with E-state index in [0.717, 1.165) is 11.1 Å². The standard InChI is InChI=1S/C13H18ClF/c1-7(2)10-6-11(14)9(5)13(15)12(10)8(3)4/h6-8H,1-5H3. The molecule has 0 aliphatic rings. The fourth-order valence-electron chi connectivity index (χ4n) is 1.82. The Labute approximate surface area is 96.5 Å². The van der Waals surface area contributed by atoms with Crippen LogP contribution in [0, 0.1) is 12.7 Å². The largest absolute Gasteiger partial charge is 0.206 e. The maximum absolute atomic E-state index is 14.0. The van der Waals surface area contributed by atoms with Crippen LogP contribution in [-0.4, -0.2) is 0 Å². The van der Waals surface area contributed by atoms with Gasteiger partial charge in [0.1, 0.15) is 5.82 Å². The van der Waals surface area contributed by atoms with E-state index in [1.54, 1.807) is 6.92 Å². The van der Waals surface area contributed by atoms with Crippen LogP contribution in [0.15, 0.2) is 6.07 Å². The number of benzene rings is 1. The smallest absolute Gasteiger partial charge is 0.131 e. The number of hydrogen-bond donors (Lipinski definition) is 0. The van der Waals surface area contributed by atoms with Gasteiger partial charge in [-0.2, -0.15) is 0 Å². The van der Waals surface area contributed by atoms with Crippen molar-refractivity contribution >= 4 is 11.6 Å². The van der Waals surface area contributed by atoms with Gasteiger partial charge in [-0.15, -0.1) is 0 Å². The van der Waals surface area contributed by atoms with E-state index in [0.29, 0.717) is 16.5 Å². The monoisotopic (exact) mass is 228 g/mol. The highest BCUT2D eigenvalue weighted by Crippen LogP contribution is 2.33. The van der Waals surface area contributed by atoms with Gasteiger partial charge in [0.05, 0.1) is 0 Å². The third-order valence-electron chi connectivity index (χ3n) is 2.72. The number of rotatable bonds is 2. The highest BCUT2D eigenvalue weighted by atomic mass is 35.5. The topological polar surface area (TPSA) is 0 Å². The molecule has 0 saturated carbocycles. The van der Waals surface area contributed by atoms with Crippen molar-refractivity contribution in [3.63, 3.8) is 0 Å². The average molecular weight is 229 g/mol. The molecule has 1 rings (SSSR count). The van der Waals surface area contributed by atoms with Crippen molar-refractivity contribution in [2.45, 2.75) is 46.5 Å². The maximum Gasteiger partial charge on any atom is 0.131 e. The molecule has 0 N–H and O–H groups in total. The first-order chi connectivity index (χ1) is 6.86. The van der Waals surface area contributed by atoms with Crippen LogP contribution in [0.2, 0.25) is 5.02 Å². The lowest BCUT2D eigenvalue weighted by Crippen LogP contribution is -2.04. The second-order valence-corrected chi connectivity index (χ2v) is 5.02. The van der Waals surface area contributed by atoms with Gasteiger partial charge < -0.3 is 0 Å². The predicted octanol–water partition coefficient (Wildman–Crippen LogP) is 5.03. The summed E-state index contributed by atoms with van der Waals surface area (Å²) in [6.07, 6.45) is 0.